The Bertz CT molecular complexity index is 561. The first-order chi connectivity index (χ1) is 7.69. The molecule has 16 heavy (non-hydrogen) atoms. The fourth-order valence-corrected chi connectivity index (χ4v) is 2.67. The van der Waals surface area contributed by atoms with Gasteiger partial charge in [-0.05, 0) is 0 Å². The molecule has 1 aromatic heterocycles. The fraction of sp³-hybridized carbons (Fsp3) is 0.300. The van der Waals surface area contributed by atoms with Crippen molar-refractivity contribution in [3.63, 3.8) is 0 Å². The van der Waals surface area contributed by atoms with Crippen LogP contribution in [0.25, 0.3) is 11.0 Å². The number of anilines is 1. The maximum absolute atomic E-state index is 11.8. The van der Waals surface area contributed by atoms with Crippen LogP contribution >= 0.6 is 0 Å². The number of aromatic nitrogens is 2. The van der Waals surface area contributed by atoms with Crippen LogP contribution in [-0.2, 0) is 4.79 Å². The molecule has 1 aliphatic rings. The molecule has 3 rings (SSSR count). The second kappa shape index (κ2) is 3.38. The van der Waals surface area contributed by atoms with Crippen molar-refractivity contribution < 1.29 is 4.79 Å². The summed E-state index contributed by atoms with van der Waals surface area (Å²) >= 11 is -0.0802. The van der Waals surface area contributed by atoms with Gasteiger partial charge in [-0.2, -0.15) is 0 Å². The zero-order valence-corrected chi connectivity index (χ0v) is 10.1. The van der Waals surface area contributed by atoms with Crippen molar-refractivity contribution in [1.82, 2.24) is 7.96 Å². The zero-order chi connectivity index (χ0) is 11.2. The predicted molar refractivity (Wildman–Crippen MR) is 61.3 cm³/mol. The summed E-state index contributed by atoms with van der Waals surface area (Å²) in [6, 6.07) is 5.60. The van der Waals surface area contributed by atoms with Crippen molar-refractivity contribution >= 4 is 37.6 Å². The van der Waals surface area contributed by atoms with E-state index in [1.165, 1.54) is 0 Å². The van der Waals surface area contributed by atoms with Crippen LogP contribution in [0.3, 0.4) is 0 Å². The quantitative estimate of drug-likeness (QED) is 0.766. The van der Waals surface area contributed by atoms with E-state index in [0.29, 0.717) is 0 Å². The monoisotopic (exact) mass is 282 g/mol. The Hall–Kier alpha value is -1.23. The number of nitrogens with zero attached hydrogens (tertiary/aromatic N) is 2. The van der Waals surface area contributed by atoms with E-state index in [1.54, 1.807) is 0 Å². The van der Waals surface area contributed by atoms with E-state index in [-0.39, 0.29) is 20.9 Å². The second-order valence-corrected chi connectivity index (χ2v) is 5.16. The summed E-state index contributed by atoms with van der Waals surface area (Å²) in [6.07, 6.45) is 1.53. The standard InChI is InChI=1S/C10H10N4OSe/c11-10(4-5-10)9(15)12-6-2-1-3-7-8(6)14-16-13-7/h1-3H,4-5,11H2,(H,12,15). The second-order valence-electron chi connectivity index (χ2n) is 4.05. The van der Waals surface area contributed by atoms with Gasteiger partial charge in [0.15, 0.2) is 0 Å². The van der Waals surface area contributed by atoms with Gasteiger partial charge in [0.2, 0.25) is 0 Å². The van der Waals surface area contributed by atoms with Crippen molar-refractivity contribution in [2.75, 3.05) is 5.32 Å². The zero-order valence-electron chi connectivity index (χ0n) is 8.43. The van der Waals surface area contributed by atoms with Crippen molar-refractivity contribution in [3.05, 3.63) is 18.2 Å². The van der Waals surface area contributed by atoms with E-state index in [4.69, 9.17) is 5.73 Å². The normalized spacial score (nSPS) is 17.3. The van der Waals surface area contributed by atoms with Crippen LogP contribution in [-0.4, -0.2) is 34.4 Å². The molecule has 6 heteroatoms. The number of fused-ring (bicyclic) bond motifs is 1. The van der Waals surface area contributed by atoms with Crippen LogP contribution in [0.1, 0.15) is 12.8 Å². The van der Waals surface area contributed by atoms with Gasteiger partial charge in [-0.15, -0.1) is 0 Å². The Morgan fingerprint density at radius 1 is 1.44 bits per heavy atom. The summed E-state index contributed by atoms with van der Waals surface area (Å²) < 4.78 is 8.55. The number of carbonyl (C=O) groups excluding carboxylic acids is 1. The fourth-order valence-electron chi connectivity index (χ4n) is 1.52. The summed E-state index contributed by atoms with van der Waals surface area (Å²) in [5, 5.41) is 2.84. The third kappa shape index (κ3) is 1.55. The molecule has 5 nitrogen and oxygen atoms in total. The minimum absolute atomic E-state index is 0.0802. The first kappa shape index (κ1) is 9.96. The molecule has 1 aromatic carbocycles. The first-order valence-corrected chi connectivity index (χ1v) is 6.54. The SMILES string of the molecule is NC1(C(=O)Nc2cccc3n[se]nc23)CC1. The molecule has 0 bridgehead atoms. The minimum atomic E-state index is -0.649. The van der Waals surface area contributed by atoms with Gasteiger partial charge < -0.3 is 0 Å². The summed E-state index contributed by atoms with van der Waals surface area (Å²) in [5.41, 5.74) is 7.55. The van der Waals surface area contributed by atoms with Gasteiger partial charge in [0.25, 0.3) is 0 Å². The number of hydrogen-bond acceptors (Lipinski definition) is 4. The number of nitrogens with one attached hydrogen (secondary N) is 1. The summed E-state index contributed by atoms with van der Waals surface area (Å²) in [6.45, 7) is 0. The van der Waals surface area contributed by atoms with Gasteiger partial charge in [-0.25, -0.2) is 0 Å². The van der Waals surface area contributed by atoms with Crippen molar-refractivity contribution in [3.8, 4) is 0 Å². The molecule has 0 radical (unpaired) electrons. The Kier molecular flexibility index (Phi) is 2.10. The molecule has 82 valence electrons. The molecule has 1 amide bonds. The molecule has 2 aromatic rings. The number of carbonyl (C=O) groups is 1. The molecule has 0 spiro atoms. The third-order valence-electron chi connectivity index (χ3n) is 2.78. The van der Waals surface area contributed by atoms with Gasteiger partial charge in [0, 0.05) is 0 Å². The third-order valence-corrected chi connectivity index (χ3v) is 3.91. The van der Waals surface area contributed by atoms with Crippen molar-refractivity contribution in [2.24, 2.45) is 5.73 Å². The molecule has 1 aliphatic carbocycles. The van der Waals surface area contributed by atoms with E-state index in [2.05, 4.69) is 13.3 Å². The van der Waals surface area contributed by atoms with Gasteiger partial charge in [-0.1, -0.05) is 0 Å². The average Bonchev–Trinajstić information content (AvgIpc) is 2.85. The Balaban J connectivity index is 1.94. The van der Waals surface area contributed by atoms with Gasteiger partial charge >= 0.3 is 98.0 Å². The molecule has 1 saturated carbocycles. The van der Waals surface area contributed by atoms with E-state index < -0.39 is 5.54 Å². The first-order valence-electron chi connectivity index (χ1n) is 5.01. The molecule has 0 saturated heterocycles. The van der Waals surface area contributed by atoms with E-state index in [9.17, 15) is 4.79 Å². The van der Waals surface area contributed by atoms with Crippen molar-refractivity contribution in [1.29, 1.82) is 0 Å². The van der Waals surface area contributed by atoms with Gasteiger partial charge in [0.1, 0.15) is 0 Å². The van der Waals surface area contributed by atoms with Crippen LogP contribution in [0.5, 0.6) is 0 Å². The number of rotatable bonds is 2. The predicted octanol–water partition coefficient (Wildman–Crippen LogP) is 0.117. The molecule has 0 atom stereocenters. The van der Waals surface area contributed by atoms with Crippen LogP contribution in [0, 0.1) is 0 Å². The van der Waals surface area contributed by atoms with E-state index in [0.717, 1.165) is 29.6 Å². The molecule has 3 N–H and O–H groups in total. The van der Waals surface area contributed by atoms with E-state index in [1.807, 2.05) is 18.2 Å². The number of nitrogens with two attached hydrogens (primary N) is 1. The Morgan fingerprint density at radius 3 is 3.00 bits per heavy atom. The number of benzene rings is 1. The number of hydrogen-bond donors (Lipinski definition) is 2. The molecular formula is C10H10N4OSe. The molecule has 0 unspecified atom stereocenters. The Labute approximate surface area is 98.3 Å². The van der Waals surface area contributed by atoms with Crippen LogP contribution < -0.4 is 11.1 Å². The Morgan fingerprint density at radius 2 is 2.25 bits per heavy atom. The molecule has 1 heterocycles. The van der Waals surface area contributed by atoms with Crippen LogP contribution in [0.2, 0.25) is 0 Å². The van der Waals surface area contributed by atoms with Crippen LogP contribution in [0.4, 0.5) is 5.69 Å². The van der Waals surface area contributed by atoms with Crippen LogP contribution in [0.15, 0.2) is 18.2 Å². The van der Waals surface area contributed by atoms with Gasteiger partial charge in [-0.3, -0.25) is 0 Å². The molecular weight excluding hydrogens is 271 g/mol. The molecule has 1 fully saturated rings. The topological polar surface area (TPSA) is 80.9 Å². The summed E-state index contributed by atoms with van der Waals surface area (Å²) in [5.74, 6) is -0.115. The molecule has 0 aliphatic heterocycles. The average molecular weight is 281 g/mol. The van der Waals surface area contributed by atoms with Gasteiger partial charge in [0.05, 0.1) is 0 Å². The summed E-state index contributed by atoms with van der Waals surface area (Å²) in [7, 11) is 0. The number of amides is 1. The van der Waals surface area contributed by atoms with E-state index >= 15 is 0 Å². The maximum atomic E-state index is 11.8. The summed E-state index contributed by atoms with van der Waals surface area (Å²) in [4.78, 5) is 11.8. The van der Waals surface area contributed by atoms with Crippen molar-refractivity contribution in [2.45, 2.75) is 18.4 Å².